The van der Waals surface area contributed by atoms with Crippen LogP contribution in [0, 0.1) is 0 Å². The fourth-order valence-electron chi connectivity index (χ4n) is 1.17. The van der Waals surface area contributed by atoms with Crippen LogP contribution in [0.2, 0.25) is 0 Å². The van der Waals surface area contributed by atoms with E-state index in [1.54, 1.807) is 0 Å². The van der Waals surface area contributed by atoms with Crippen molar-refractivity contribution < 1.29 is 22.8 Å². The van der Waals surface area contributed by atoms with Crippen LogP contribution in [0.25, 0.3) is 0 Å². The van der Waals surface area contributed by atoms with Gasteiger partial charge in [-0.3, -0.25) is 10.1 Å². The van der Waals surface area contributed by atoms with E-state index >= 15 is 0 Å². The van der Waals surface area contributed by atoms with E-state index in [0.29, 0.717) is 4.90 Å². The zero-order valence-electron chi connectivity index (χ0n) is 9.45. The van der Waals surface area contributed by atoms with Crippen LogP contribution < -0.4 is 16.8 Å². The summed E-state index contributed by atoms with van der Waals surface area (Å²) in [6.07, 6.45) is -4.47. The summed E-state index contributed by atoms with van der Waals surface area (Å²) in [7, 11) is 0. The quantitative estimate of drug-likeness (QED) is 0.582. The molecule has 0 aromatic heterocycles. The highest BCUT2D eigenvalue weighted by Gasteiger charge is 2.30. The van der Waals surface area contributed by atoms with Crippen LogP contribution in [-0.2, 0) is 11.0 Å². The molecular weight excluding hydrogens is 283 g/mol. The molecule has 0 bridgehead atoms. The van der Waals surface area contributed by atoms with Gasteiger partial charge < -0.3 is 11.5 Å². The number of urea groups is 1. The van der Waals surface area contributed by atoms with Crippen molar-refractivity contribution in [1.29, 1.82) is 0 Å². The van der Waals surface area contributed by atoms with Gasteiger partial charge in [-0.2, -0.15) is 13.2 Å². The summed E-state index contributed by atoms with van der Waals surface area (Å²) in [5, 5.41) is 1.83. The Morgan fingerprint density at radius 3 is 2.42 bits per heavy atom. The predicted octanol–water partition coefficient (Wildman–Crippen LogP) is 1.57. The predicted molar refractivity (Wildman–Crippen MR) is 64.3 cm³/mol. The van der Waals surface area contributed by atoms with Gasteiger partial charge in [-0.1, -0.05) is 0 Å². The van der Waals surface area contributed by atoms with Crippen molar-refractivity contribution in [3.8, 4) is 0 Å². The molecule has 0 saturated heterocycles. The summed E-state index contributed by atoms with van der Waals surface area (Å²) in [5.41, 5.74) is 9.24. The Morgan fingerprint density at radius 2 is 1.95 bits per heavy atom. The lowest BCUT2D eigenvalue weighted by molar-refractivity contribution is -0.137. The topological polar surface area (TPSA) is 98.2 Å². The number of nitrogens with one attached hydrogen (secondary N) is 1. The Labute approximate surface area is 110 Å². The minimum atomic E-state index is -4.47. The molecule has 19 heavy (non-hydrogen) atoms. The number of halogens is 3. The van der Waals surface area contributed by atoms with E-state index in [4.69, 9.17) is 11.5 Å². The van der Waals surface area contributed by atoms with E-state index in [1.807, 2.05) is 5.32 Å². The third-order valence-electron chi connectivity index (χ3n) is 1.96. The number of imide groups is 1. The zero-order chi connectivity index (χ0) is 14.6. The maximum Gasteiger partial charge on any atom is 0.416 e. The summed E-state index contributed by atoms with van der Waals surface area (Å²) in [6.45, 7) is 0. The second kappa shape index (κ2) is 5.83. The molecule has 9 heteroatoms. The molecule has 0 unspecified atom stereocenters. The van der Waals surface area contributed by atoms with Gasteiger partial charge in [0.2, 0.25) is 5.91 Å². The first-order valence-electron chi connectivity index (χ1n) is 4.89. The van der Waals surface area contributed by atoms with Crippen LogP contribution in [-0.4, -0.2) is 17.7 Å². The van der Waals surface area contributed by atoms with Gasteiger partial charge >= 0.3 is 12.2 Å². The Bertz CT molecular complexity index is 505. The van der Waals surface area contributed by atoms with E-state index < -0.39 is 23.7 Å². The number of anilines is 1. The molecule has 0 heterocycles. The van der Waals surface area contributed by atoms with Gasteiger partial charge in [0, 0.05) is 10.6 Å². The van der Waals surface area contributed by atoms with Crippen molar-refractivity contribution in [2.75, 3.05) is 11.5 Å². The van der Waals surface area contributed by atoms with E-state index in [1.165, 1.54) is 6.07 Å². The van der Waals surface area contributed by atoms with Gasteiger partial charge in [0.25, 0.3) is 0 Å². The molecule has 5 nitrogen and oxygen atoms in total. The molecule has 1 aromatic carbocycles. The molecule has 0 saturated carbocycles. The molecule has 0 fully saturated rings. The van der Waals surface area contributed by atoms with Gasteiger partial charge in [0.05, 0.1) is 11.3 Å². The van der Waals surface area contributed by atoms with Crippen LogP contribution in [0.3, 0.4) is 0 Å². The van der Waals surface area contributed by atoms with E-state index in [2.05, 4.69) is 0 Å². The number of primary amides is 1. The number of amides is 3. The van der Waals surface area contributed by atoms with E-state index in [-0.39, 0.29) is 11.4 Å². The highest BCUT2D eigenvalue weighted by molar-refractivity contribution is 8.00. The fourth-order valence-corrected chi connectivity index (χ4v) is 1.92. The molecular formula is C10H10F3N3O2S. The molecule has 5 N–H and O–H groups in total. The normalized spacial score (nSPS) is 11.1. The Balaban J connectivity index is 2.71. The zero-order valence-corrected chi connectivity index (χ0v) is 10.3. The second-order valence-electron chi connectivity index (χ2n) is 3.45. The molecule has 0 aliphatic heterocycles. The second-order valence-corrected chi connectivity index (χ2v) is 4.47. The Kier molecular flexibility index (Phi) is 4.65. The average molecular weight is 293 g/mol. The van der Waals surface area contributed by atoms with Gasteiger partial charge in [-0.15, -0.1) is 11.8 Å². The van der Waals surface area contributed by atoms with Crippen molar-refractivity contribution in [2.24, 2.45) is 5.73 Å². The first-order chi connectivity index (χ1) is 8.70. The summed E-state index contributed by atoms with van der Waals surface area (Å²) in [4.78, 5) is 21.8. The number of nitrogen functional groups attached to an aromatic ring is 1. The number of carbonyl (C=O) groups is 2. The Morgan fingerprint density at radius 1 is 1.32 bits per heavy atom. The van der Waals surface area contributed by atoms with Crippen molar-refractivity contribution >= 4 is 29.4 Å². The van der Waals surface area contributed by atoms with Crippen LogP contribution in [0.5, 0.6) is 0 Å². The standard InChI is InChI=1S/C10H10F3N3O2S/c11-10(12,13)5-1-2-7(6(14)3-5)19-4-8(17)16-9(15)18/h1-3H,4,14H2,(H3,15,16,17,18). The lowest BCUT2D eigenvalue weighted by Gasteiger charge is -2.10. The number of benzene rings is 1. The fraction of sp³-hybridized carbons (Fsp3) is 0.200. The molecule has 104 valence electrons. The molecule has 0 spiro atoms. The lowest BCUT2D eigenvalue weighted by Crippen LogP contribution is -2.36. The summed E-state index contributed by atoms with van der Waals surface area (Å²) >= 11 is 0.904. The van der Waals surface area contributed by atoms with Gasteiger partial charge in [0.1, 0.15) is 0 Å². The van der Waals surface area contributed by atoms with E-state index in [0.717, 1.165) is 23.9 Å². The Hall–Kier alpha value is -1.90. The van der Waals surface area contributed by atoms with Crippen molar-refractivity contribution in [3.05, 3.63) is 23.8 Å². The van der Waals surface area contributed by atoms with Gasteiger partial charge in [-0.25, -0.2) is 4.79 Å². The van der Waals surface area contributed by atoms with Crippen LogP contribution in [0.1, 0.15) is 5.56 Å². The third kappa shape index (κ3) is 4.70. The van der Waals surface area contributed by atoms with Gasteiger partial charge in [0.15, 0.2) is 0 Å². The highest BCUT2D eigenvalue weighted by atomic mass is 32.2. The van der Waals surface area contributed by atoms with Gasteiger partial charge in [-0.05, 0) is 18.2 Å². The maximum absolute atomic E-state index is 12.4. The van der Waals surface area contributed by atoms with Crippen LogP contribution in [0.15, 0.2) is 23.1 Å². The third-order valence-corrected chi connectivity index (χ3v) is 3.05. The average Bonchev–Trinajstić information content (AvgIpc) is 2.25. The first kappa shape index (κ1) is 15.2. The summed E-state index contributed by atoms with van der Waals surface area (Å²) < 4.78 is 37.1. The number of hydrogen-bond acceptors (Lipinski definition) is 4. The van der Waals surface area contributed by atoms with Crippen LogP contribution >= 0.6 is 11.8 Å². The maximum atomic E-state index is 12.4. The molecule has 0 aliphatic carbocycles. The van der Waals surface area contributed by atoms with Crippen molar-refractivity contribution in [2.45, 2.75) is 11.1 Å². The summed E-state index contributed by atoms with van der Waals surface area (Å²) in [5.74, 6) is -0.838. The smallest absolute Gasteiger partial charge is 0.398 e. The molecule has 0 radical (unpaired) electrons. The SMILES string of the molecule is NC(=O)NC(=O)CSc1ccc(C(F)(F)F)cc1N. The summed E-state index contributed by atoms with van der Waals surface area (Å²) in [6, 6.07) is 1.82. The first-order valence-corrected chi connectivity index (χ1v) is 5.87. The highest BCUT2D eigenvalue weighted by Crippen LogP contribution is 2.34. The van der Waals surface area contributed by atoms with Crippen LogP contribution in [0.4, 0.5) is 23.7 Å². The number of rotatable bonds is 3. The minimum Gasteiger partial charge on any atom is -0.398 e. The molecule has 1 rings (SSSR count). The number of nitrogens with two attached hydrogens (primary N) is 2. The molecule has 0 aliphatic rings. The van der Waals surface area contributed by atoms with Crippen molar-refractivity contribution in [3.63, 3.8) is 0 Å². The number of alkyl halides is 3. The van der Waals surface area contributed by atoms with Crippen molar-refractivity contribution in [1.82, 2.24) is 5.32 Å². The largest absolute Gasteiger partial charge is 0.416 e. The molecule has 0 atom stereocenters. The number of carbonyl (C=O) groups excluding carboxylic acids is 2. The minimum absolute atomic E-state index is 0.0910. The van der Waals surface area contributed by atoms with E-state index in [9.17, 15) is 22.8 Å². The molecule has 1 aromatic rings. The number of thioether (sulfide) groups is 1. The lowest BCUT2D eigenvalue weighted by atomic mass is 10.2. The monoisotopic (exact) mass is 293 g/mol. The molecule has 3 amide bonds. The number of hydrogen-bond donors (Lipinski definition) is 3.